The summed E-state index contributed by atoms with van der Waals surface area (Å²) in [6.07, 6.45) is 2.89. The highest BCUT2D eigenvalue weighted by atomic mass is 79.9. The van der Waals surface area contributed by atoms with Crippen LogP contribution in [0.1, 0.15) is 52.5 Å². The van der Waals surface area contributed by atoms with Gasteiger partial charge in [-0.25, -0.2) is 0 Å². The molecule has 0 saturated carbocycles. The van der Waals surface area contributed by atoms with Crippen molar-refractivity contribution in [2.45, 2.75) is 33.1 Å². The van der Waals surface area contributed by atoms with Gasteiger partial charge in [0.1, 0.15) is 0 Å². The maximum Gasteiger partial charge on any atom is 0.255 e. The van der Waals surface area contributed by atoms with E-state index in [4.69, 9.17) is 9.47 Å². The second-order valence-electron chi connectivity index (χ2n) is 7.29. The summed E-state index contributed by atoms with van der Waals surface area (Å²) in [5, 5.41) is 2.94. The van der Waals surface area contributed by atoms with Gasteiger partial charge in [-0.15, -0.1) is 0 Å². The van der Waals surface area contributed by atoms with E-state index in [1.54, 1.807) is 18.2 Å². The highest BCUT2D eigenvalue weighted by Gasteiger charge is 2.24. The predicted molar refractivity (Wildman–Crippen MR) is 121 cm³/mol. The van der Waals surface area contributed by atoms with Gasteiger partial charge in [-0.05, 0) is 65.9 Å². The van der Waals surface area contributed by atoms with E-state index in [2.05, 4.69) is 21.2 Å². The van der Waals surface area contributed by atoms with Gasteiger partial charge in [-0.1, -0.05) is 19.1 Å². The number of carbonyl (C=O) groups is 2. The van der Waals surface area contributed by atoms with E-state index in [0.29, 0.717) is 39.4 Å². The number of rotatable bonds is 7. The van der Waals surface area contributed by atoms with Crippen LogP contribution in [0.25, 0.3) is 0 Å². The first-order valence-electron chi connectivity index (χ1n) is 10.2. The normalized spacial score (nSPS) is 13.3. The second kappa shape index (κ2) is 9.98. The summed E-state index contributed by atoms with van der Waals surface area (Å²) >= 11 is 3.47. The lowest BCUT2D eigenvalue weighted by Gasteiger charge is -2.19. The molecule has 7 heteroatoms. The minimum absolute atomic E-state index is 0.0476. The predicted octanol–water partition coefficient (Wildman–Crippen LogP) is 5.04. The summed E-state index contributed by atoms with van der Waals surface area (Å²) in [7, 11) is 1.54. The lowest BCUT2D eigenvalue weighted by Crippen LogP contribution is -2.29. The molecule has 0 bridgehead atoms. The Labute approximate surface area is 185 Å². The van der Waals surface area contributed by atoms with Crippen LogP contribution in [0.2, 0.25) is 0 Å². The number of ether oxygens (including phenoxy) is 2. The van der Waals surface area contributed by atoms with Crippen LogP contribution >= 0.6 is 15.9 Å². The lowest BCUT2D eigenvalue weighted by molar-refractivity contribution is 0.0793. The first-order valence-corrected chi connectivity index (χ1v) is 11.0. The fraction of sp³-hybridized carbons (Fsp3) is 0.391. The summed E-state index contributed by atoms with van der Waals surface area (Å²) in [6.45, 7) is 5.96. The molecule has 2 aromatic rings. The van der Waals surface area contributed by atoms with Gasteiger partial charge in [0.25, 0.3) is 11.8 Å². The molecular weight excluding hydrogens is 448 g/mol. The molecule has 1 heterocycles. The Morgan fingerprint density at radius 1 is 1.20 bits per heavy atom. The maximum atomic E-state index is 13.1. The highest BCUT2D eigenvalue weighted by Crippen LogP contribution is 2.37. The van der Waals surface area contributed by atoms with E-state index in [0.717, 1.165) is 37.9 Å². The summed E-state index contributed by atoms with van der Waals surface area (Å²) in [6, 6.07) is 8.83. The van der Waals surface area contributed by atoms with Crippen molar-refractivity contribution in [2.75, 3.05) is 32.1 Å². The van der Waals surface area contributed by atoms with Gasteiger partial charge in [0.15, 0.2) is 11.5 Å². The minimum atomic E-state index is -0.319. The van der Waals surface area contributed by atoms with Gasteiger partial charge in [0.2, 0.25) is 0 Å². The van der Waals surface area contributed by atoms with E-state index in [1.807, 2.05) is 30.9 Å². The molecule has 1 N–H and O–H groups in total. The largest absolute Gasteiger partial charge is 0.493 e. The third kappa shape index (κ3) is 4.78. The molecule has 3 rings (SSSR count). The maximum absolute atomic E-state index is 13.1. The Morgan fingerprint density at radius 2 is 1.93 bits per heavy atom. The summed E-state index contributed by atoms with van der Waals surface area (Å²) in [5.74, 6) is 0.673. The van der Waals surface area contributed by atoms with Crippen LogP contribution in [0.15, 0.2) is 34.8 Å². The quantitative estimate of drug-likeness (QED) is 0.609. The number of anilines is 1. The standard InChI is InChI=1S/C23H27BrN2O4/c1-4-12-30-21-18(24)13-16(14-19(21)29-3)22(27)25-20-15(2)8-7-9-17(20)23(28)26-10-5-6-11-26/h7-9,13-14H,4-6,10-12H2,1-3H3,(H,25,27). The van der Waals surface area contributed by atoms with E-state index in [9.17, 15) is 9.59 Å². The average molecular weight is 475 g/mol. The van der Waals surface area contributed by atoms with Crippen LogP contribution in [0.4, 0.5) is 5.69 Å². The number of halogens is 1. The van der Waals surface area contributed by atoms with Crippen molar-refractivity contribution in [2.24, 2.45) is 0 Å². The van der Waals surface area contributed by atoms with Crippen LogP contribution in [0, 0.1) is 6.92 Å². The Balaban J connectivity index is 1.89. The zero-order valence-electron chi connectivity index (χ0n) is 17.6. The lowest BCUT2D eigenvalue weighted by atomic mass is 10.1. The van der Waals surface area contributed by atoms with Crippen LogP contribution in [-0.2, 0) is 0 Å². The van der Waals surface area contributed by atoms with Crippen LogP contribution in [-0.4, -0.2) is 43.5 Å². The Bertz CT molecular complexity index is 939. The number of amides is 2. The van der Waals surface area contributed by atoms with Crippen LogP contribution < -0.4 is 14.8 Å². The van der Waals surface area contributed by atoms with Gasteiger partial charge in [0, 0.05) is 18.7 Å². The number of methoxy groups -OCH3 is 1. The number of aryl methyl sites for hydroxylation is 1. The van der Waals surface area contributed by atoms with E-state index >= 15 is 0 Å². The van der Waals surface area contributed by atoms with Gasteiger partial charge in [0.05, 0.1) is 29.4 Å². The van der Waals surface area contributed by atoms with Crippen molar-refractivity contribution in [1.29, 1.82) is 0 Å². The fourth-order valence-electron chi connectivity index (χ4n) is 3.48. The van der Waals surface area contributed by atoms with E-state index in [1.165, 1.54) is 7.11 Å². The second-order valence-corrected chi connectivity index (χ2v) is 8.14. The Kier molecular flexibility index (Phi) is 7.37. The molecule has 30 heavy (non-hydrogen) atoms. The third-order valence-corrected chi connectivity index (χ3v) is 5.67. The molecule has 0 aliphatic carbocycles. The highest BCUT2D eigenvalue weighted by molar-refractivity contribution is 9.10. The Hall–Kier alpha value is -2.54. The molecule has 1 fully saturated rings. The molecule has 0 aromatic heterocycles. The van der Waals surface area contributed by atoms with Crippen molar-refractivity contribution < 1.29 is 19.1 Å². The van der Waals surface area contributed by atoms with Crippen molar-refractivity contribution in [3.05, 3.63) is 51.5 Å². The number of carbonyl (C=O) groups excluding carboxylic acids is 2. The van der Waals surface area contributed by atoms with Gasteiger partial charge in [-0.3, -0.25) is 9.59 Å². The zero-order chi connectivity index (χ0) is 21.7. The molecular formula is C23H27BrN2O4. The third-order valence-electron chi connectivity index (χ3n) is 5.08. The van der Waals surface area contributed by atoms with E-state index < -0.39 is 0 Å². The summed E-state index contributed by atoms with van der Waals surface area (Å²) in [5.41, 5.74) is 2.30. The molecule has 2 amide bonds. The van der Waals surface area contributed by atoms with Crippen LogP contribution in [0.3, 0.4) is 0 Å². The van der Waals surface area contributed by atoms with Crippen molar-refractivity contribution in [1.82, 2.24) is 4.90 Å². The minimum Gasteiger partial charge on any atom is -0.493 e. The van der Waals surface area contributed by atoms with Gasteiger partial charge >= 0.3 is 0 Å². The first kappa shape index (κ1) is 22.2. The fourth-order valence-corrected chi connectivity index (χ4v) is 4.04. The van der Waals surface area contributed by atoms with Gasteiger partial charge < -0.3 is 19.7 Å². The molecule has 0 spiro atoms. The molecule has 6 nitrogen and oxygen atoms in total. The molecule has 1 aliphatic rings. The smallest absolute Gasteiger partial charge is 0.255 e. The average Bonchev–Trinajstić information content (AvgIpc) is 3.28. The number of benzene rings is 2. The molecule has 160 valence electrons. The van der Waals surface area contributed by atoms with Crippen molar-refractivity contribution in [3.63, 3.8) is 0 Å². The molecule has 1 saturated heterocycles. The number of nitrogens with zero attached hydrogens (tertiary/aromatic N) is 1. The number of hydrogen-bond donors (Lipinski definition) is 1. The number of hydrogen-bond acceptors (Lipinski definition) is 4. The molecule has 0 unspecified atom stereocenters. The van der Waals surface area contributed by atoms with Crippen molar-refractivity contribution >= 4 is 33.4 Å². The SMILES string of the molecule is CCCOc1c(Br)cc(C(=O)Nc2c(C)cccc2C(=O)N2CCCC2)cc1OC. The number of nitrogens with one attached hydrogen (secondary N) is 1. The number of para-hydroxylation sites is 1. The number of likely N-dealkylation sites (tertiary alicyclic amines) is 1. The molecule has 0 radical (unpaired) electrons. The molecule has 0 atom stereocenters. The summed E-state index contributed by atoms with van der Waals surface area (Å²) in [4.78, 5) is 27.9. The molecule has 2 aromatic carbocycles. The van der Waals surface area contributed by atoms with Gasteiger partial charge in [-0.2, -0.15) is 0 Å². The topological polar surface area (TPSA) is 67.9 Å². The Morgan fingerprint density at radius 3 is 2.60 bits per heavy atom. The van der Waals surface area contributed by atoms with Crippen molar-refractivity contribution in [3.8, 4) is 11.5 Å². The zero-order valence-corrected chi connectivity index (χ0v) is 19.2. The molecule has 1 aliphatic heterocycles. The van der Waals surface area contributed by atoms with E-state index in [-0.39, 0.29) is 11.8 Å². The monoisotopic (exact) mass is 474 g/mol. The summed E-state index contributed by atoms with van der Waals surface area (Å²) < 4.78 is 11.8. The van der Waals surface area contributed by atoms with Crippen LogP contribution in [0.5, 0.6) is 11.5 Å². The first-order chi connectivity index (χ1) is 14.5.